The lowest BCUT2D eigenvalue weighted by Gasteiger charge is -2.48. The second-order valence-electron chi connectivity index (χ2n) is 8.57. The lowest BCUT2D eigenvalue weighted by atomic mass is 9.79. The normalized spacial score (nSPS) is 28.9. The zero-order valence-electron chi connectivity index (χ0n) is 14.4. The summed E-state index contributed by atoms with van der Waals surface area (Å²) >= 11 is 0. The fourth-order valence-corrected chi connectivity index (χ4v) is 4.36. The molecule has 0 aromatic rings. The molecule has 0 spiro atoms. The van der Waals surface area contributed by atoms with Crippen LogP contribution in [-0.2, 0) is 0 Å². The van der Waals surface area contributed by atoms with E-state index in [9.17, 15) is 0 Å². The molecule has 0 saturated carbocycles. The minimum atomic E-state index is 0.248. The minimum Gasteiger partial charge on any atom is -0.311 e. The first-order valence-corrected chi connectivity index (χ1v) is 8.46. The van der Waals surface area contributed by atoms with Crippen molar-refractivity contribution in [3.63, 3.8) is 0 Å². The zero-order chi connectivity index (χ0) is 15.0. The highest BCUT2D eigenvalue weighted by atomic mass is 15.2. The van der Waals surface area contributed by atoms with Crippen LogP contribution in [0.5, 0.6) is 0 Å². The molecule has 2 aliphatic rings. The molecular formula is C17H35N3. The molecule has 0 aromatic carbocycles. The van der Waals surface area contributed by atoms with Crippen LogP contribution in [0.1, 0.15) is 67.2 Å². The van der Waals surface area contributed by atoms with Gasteiger partial charge in [0.25, 0.3) is 0 Å². The molecule has 2 heterocycles. The van der Waals surface area contributed by atoms with Crippen LogP contribution in [0.4, 0.5) is 0 Å². The van der Waals surface area contributed by atoms with Gasteiger partial charge in [-0.1, -0.05) is 0 Å². The summed E-state index contributed by atoms with van der Waals surface area (Å²) in [6, 6.07) is 2.09. The highest BCUT2D eigenvalue weighted by Gasteiger charge is 2.38. The van der Waals surface area contributed by atoms with Crippen molar-refractivity contribution in [2.45, 2.75) is 96.4 Å². The van der Waals surface area contributed by atoms with Crippen LogP contribution in [0.2, 0.25) is 0 Å². The molecule has 118 valence electrons. The fraction of sp³-hybridized carbons (Fsp3) is 1.00. The van der Waals surface area contributed by atoms with Crippen molar-refractivity contribution in [1.29, 1.82) is 0 Å². The van der Waals surface area contributed by atoms with Gasteiger partial charge in [0, 0.05) is 29.2 Å². The topological polar surface area (TPSA) is 27.3 Å². The van der Waals surface area contributed by atoms with Gasteiger partial charge >= 0.3 is 0 Å². The Hall–Kier alpha value is -0.120. The Bertz CT molecular complexity index is 298. The number of hydrogen-bond donors (Lipinski definition) is 2. The van der Waals surface area contributed by atoms with Gasteiger partial charge in [-0.3, -0.25) is 0 Å². The number of rotatable bonds is 3. The van der Waals surface area contributed by atoms with Crippen molar-refractivity contribution in [2.75, 3.05) is 13.1 Å². The third-order valence-electron chi connectivity index (χ3n) is 4.92. The van der Waals surface area contributed by atoms with Gasteiger partial charge in [0.05, 0.1) is 0 Å². The van der Waals surface area contributed by atoms with Gasteiger partial charge in [-0.25, -0.2) is 0 Å². The Kier molecular flexibility index (Phi) is 4.83. The van der Waals surface area contributed by atoms with Crippen molar-refractivity contribution >= 4 is 0 Å². The van der Waals surface area contributed by atoms with E-state index in [2.05, 4.69) is 57.1 Å². The molecule has 0 aliphatic carbocycles. The number of piperidine rings is 2. The van der Waals surface area contributed by atoms with Gasteiger partial charge in [0.1, 0.15) is 0 Å². The van der Waals surface area contributed by atoms with E-state index in [1.807, 2.05) is 0 Å². The Labute approximate surface area is 125 Å². The summed E-state index contributed by atoms with van der Waals surface area (Å²) < 4.78 is 0. The molecule has 3 nitrogen and oxygen atoms in total. The molecule has 2 fully saturated rings. The first kappa shape index (κ1) is 16.3. The molecule has 0 atom stereocenters. The Morgan fingerprint density at radius 1 is 0.950 bits per heavy atom. The van der Waals surface area contributed by atoms with Crippen molar-refractivity contribution in [3.8, 4) is 0 Å². The second-order valence-corrected chi connectivity index (χ2v) is 8.57. The molecule has 2 aliphatic heterocycles. The Morgan fingerprint density at radius 2 is 1.45 bits per heavy atom. The monoisotopic (exact) mass is 281 g/mol. The third-order valence-corrected chi connectivity index (χ3v) is 4.92. The lowest BCUT2D eigenvalue weighted by Crippen LogP contribution is -2.63. The van der Waals surface area contributed by atoms with E-state index in [1.54, 1.807) is 0 Å². The second kappa shape index (κ2) is 5.94. The van der Waals surface area contributed by atoms with E-state index in [0.29, 0.717) is 12.1 Å². The molecule has 0 bridgehead atoms. The van der Waals surface area contributed by atoms with Gasteiger partial charge in [0.2, 0.25) is 0 Å². The quantitative estimate of drug-likeness (QED) is 0.833. The fourth-order valence-electron chi connectivity index (χ4n) is 4.36. The number of hydrogen-bond acceptors (Lipinski definition) is 3. The van der Waals surface area contributed by atoms with Gasteiger partial charge in [-0.15, -0.1) is 0 Å². The minimum absolute atomic E-state index is 0.248. The summed E-state index contributed by atoms with van der Waals surface area (Å²) in [5.41, 5.74) is 0.496. The van der Waals surface area contributed by atoms with Crippen LogP contribution >= 0.6 is 0 Å². The molecule has 2 rings (SSSR count). The standard InChI is InChI=1S/C17H35N3/c1-13(2)20-9-7-14(8-10-20)18-15-11-16(3,4)19-17(5,6)12-15/h13-15,18-19H,7-12H2,1-6H3. The van der Waals surface area contributed by atoms with Crippen molar-refractivity contribution < 1.29 is 0 Å². The number of nitrogens with zero attached hydrogens (tertiary/aromatic N) is 1. The molecule has 2 saturated heterocycles. The Balaban J connectivity index is 1.85. The molecular weight excluding hydrogens is 246 g/mol. The van der Waals surface area contributed by atoms with Crippen LogP contribution in [0.3, 0.4) is 0 Å². The van der Waals surface area contributed by atoms with E-state index in [1.165, 1.54) is 38.8 Å². The molecule has 3 heteroatoms. The largest absolute Gasteiger partial charge is 0.311 e. The van der Waals surface area contributed by atoms with Gasteiger partial charge in [-0.05, 0) is 80.3 Å². The predicted molar refractivity (Wildman–Crippen MR) is 87.2 cm³/mol. The molecule has 2 N–H and O–H groups in total. The SMILES string of the molecule is CC(C)N1CCC(NC2CC(C)(C)NC(C)(C)C2)CC1. The average Bonchev–Trinajstić information content (AvgIpc) is 2.25. The van der Waals surface area contributed by atoms with Crippen LogP contribution in [-0.4, -0.2) is 47.2 Å². The number of nitrogens with one attached hydrogen (secondary N) is 2. The first-order valence-electron chi connectivity index (χ1n) is 8.46. The van der Waals surface area contributed by atoms with Crippen LogP contribution < -0.4 is 10.6 Å². The van der Waals surface area contributed by atoms with Gasteiger partial charge < -0.3 is 15.5 Å². The third kappa shape index (κ3) is 4.44. The number of likely N-dealkylation sites (tertiary alicyclic amines) is 1. The van der Waals surface area contributed by atoms with Crippen LogP contribution in [0.15, 0.2) is 0 Å². The highest BCUT2D eigenvalue weighted by molar-refractivity contribution is 5.00. The first-order chi connectivity index (χ1) is 9.17. The summed E-state index contributed by atoms with van der Waals surface area (Å²) in [5.74, 6) is 0. The maximum Gasteiger partial charge on any atom is 0.0144 e. The lowest BCUT2D eigenvalue weighted by molar-refractivity contribution is 0.116. The smallest absolute Gasteiger partial charge is 0.0144 e. The van der Waals surface area contributed by atoms with Gasteiger partial charge in [-0.2, -0.15) is 0 Å². The van der Waals surface area contributed by atoms with Crippen molar-refractivity contribution in [2.24, 2.45) is 0 Å². The molecule has 0 radical (unpaired) electrons. The van der Waals surface area contributed by atoms with E-state index in [4.69, 9.17) is 0 Å². The summed E-state index contributed by atoms with van der Waals surface area (Å²) in [5, 5.41) is 7.73. The average molecular weight is 281 g/mol. The Morgan fingerprint density at radius 3 is 1.90 bits per heavy atom. The highest BCUT2D eigenvalue weighted by Crippen LogP contribution is 2.29. The maximum atomic E-state index is 3.96. The molecule has 20 heavy (non-hydrogen) atoms. The van der Waals surface area contributed by atoms with Crippen molar-refractivity contribution in [3.05, 3.63) is 0 Å². The summed E-state index contributed by atoms with van der Waals surface area (Å²) in [6.07, 6.45) is 5.09. The summed E-state index contributed by atoms with van der Waals surface area (Å²) in [6.45, 7) is 16.5. The predicted octanol–water partition coefficient (Wildman–Crippen LogP) is 2.76. The maximum absolute atomic E-state index is 3.96. The van der Waals surface area contributed by atoms with Crippen LogP contribution in [0.25, 0.3) is 0 Å². The molecule has 0 amide bonds. The van der Waals surface area contributed by atoms with Crippen LogP contribution in [0, 0.1) is 0 Å². The van der Waals surface area contributed by atoms with Gasteiger partial charge in [0.15, 0.2) is 0 Å². The summed E-state index contributed by atoms with van der Waals surface area (Å²) in [7, 11) is 0. The molecule has 0 aromatic heterocycles. The van der Waals surface area contributed by atoms with E-state index < -0.39 is 0 Å². The van der Waals surface area contributed by atoms with E-state index >= 15 is 0 Å². The van der Waals surface area contributed by atoms with Crippen molar-refractivity contribution in [1.82, 2.24) is 15.5 Å². The van der Waals surface area contributed by atoms with E-state index in [-0.39, 0.29) is 11.1 Å². The van der Waals surface area contributed by atoms with E-state index in [0.717, 1.165) is 6.04 Å². The summed E-state index contributed by atoms with van der Waals surface area (Å²) in [4.78, 5) is 2.61. The zero-order valence-corrected chi connectivity index (χ0v) is 14.4. The molecule has 0 unspecified atom stereocenters.